The summed E-state index contributed by atoms with van der Waals surface area (Å²) in [5.74, 6) is -1.06. The van der Waals surface area contributed by atoms with Gasteiger partial charge in [0.1, 0.15) is 16.3 Å². The van der Waals surface area contributed by atoms with E-state index in [-0.39, 0.29) is 5.56 Å². The van der Waals surface area contributed by atoms with Gasteiger partial charge in [-0.1, -0.05) is 42.5 Å². The number of benzene rings is 2. The maximum Gasteiger partial charge on any atom is 0.339 e. The third-order valence-corrected chi connectivity index (χ3v) is 4.96. The Morgan fingerprint density at radius 3 is 2.35 bits per heavy atom. The smallest absolute Gasteiger partial charge is 0.339 e. The fourth-order valence-corrected chi connectivity index (χ4v) is 3.86. The molecule has 0 saturated carbocycles. The van der Waals surface area contributed by atoms with E-state index in [0.717, 1.165) is 10.4 Å². The average Bonchev–Trinajstić information content (AvgIpc) is 2.98. The second kappa shape index (κ2) is 7.41. The first-order valence-corrected chi connectivity index (χ1v) is 8.71. The number of anilines is 1. The van der Waals surface area contributed by atoms with Gasteiger partial charge < -0.3 is 15.2 Å². The second-order valence-corrected chi connectivity index (χ2v) is 6.79. The largest absolute Gasteiger partial charge is 0.496 e. The molecule has 5 nitrogen and oxygen atoms in total. The maximum atomic E-state index is 12.6. The number of thiophene rings is 1. The maximum absolute atomic E-state index is 12.6. The molecule has 0 atom stereocenters. The van der Waals surface area contributed by atoms with Gasteiger partial charge in [-0.05, 0) is 24.6 Å². The molecule has 1 heterocycles. The van der Waals surface area contributed by atoms with Crippen molar-refractivity contribution in [2.45, 2.75) is 6.92 Å². The number of para-hydroxylation sites is 1. The number of carbonyl (C=O) groups excluding carboxylic acids is 1. The predicted octanol–water partition coefficient (Wildman–Crippen LogP) is 4.68. The zero-order valence-electron chi connectivity index (χ0n) is 14.3. The standard InChI is InChI=1S/C20H17NO4S/c1-12-16(13-8-4-3-5-9-13)17(20(23)24)19(26-12)21-18(22)14-10-6-7-11-15(14)25-2/h3-11H,1-2H3,(H,21,22)(H,23,24). The number of carboxylic acids is 1. The number of ether oxygens (including phenoxy) is 1. The van der Waals surface area contributed by atoms with Crippen LogP contribution in [0.4, 0.5) is 5.00 Å². The third kappa shape index (κ3) is 3.32. The lowest BCUT2D eigenvalue weighted by atomic mass is 10.0. The van der Waals surface area contributed by atoms with Gasteiger partial charge in [-0.25, -0.2) is 4.79 Å². The van der Waals surface area contributed by atoms with Gasteiger partial charge in [0.15, 0.2) is 0 Å². The highest BCUT2D eigenvalue weighted by Gasteiger charge is 2.24. The molecule has 2 N–H and O–H groups in total. The summed E-state index contributed by atoms with van der Waals surface area (Å²) in [6.07, 6.45) is 0. The van der Waals surface area contributed by atoms with Crippen molar-refractivity contribution in [2.75, 3.05) is 12.4 Å². The minimum absolute atomic E-state index is 0.0990. The van der Waals surface area contributed by atoms with Gasteiger partial charge in [0.25, 0.3) is 5.91 Å². The van der Waals surface area contributed by atoms with Crippen LogP contribution in [-0.4, -0.2) is 24.1 Å². The molecular weight excluding hydrogens is 350 g/mol. The van der Waals surface area contributed by atoms with E-state index in [0.29, 0.717) is 21.9 Å². The van der Waals surface area contributed by atoms with Crippen molar-refractivity contribution in [3.05, 3.63) is 70.6 Å². The van der Waals surface area contributed by atoms with Crippen LogP contribution in [0.15, 0.2) is 54.6 Å². The molecule has 0 unspecified atom stereocenters. The summed E-state index contributed by atoms with van der Waals surface area (Å²) in [7, 11) is 1.48. The van der Waals surface area contributed by atoms with Crippen molar-refractivity contribution in [1.82, 2.24) is 0 Å². The summed E-state index contributed by atoms with van der Waals surface area (Å²) in [5.41, 5.74) is 1.87. The molecule has 0 radical (unpaired) electrons. The first kappa shape index (κ1) is 17.7. The third-order valence-electron chi connectivity index (χ3n) is 3.94. The molecule has 1 amide bonds. The molecule has 26 heavy (non-hydrogen) atoms. The number of rotatable bonds is 5. The van der Waals surface area contributed by atoms with Crippen LogP contribution < -0.4 is 10.1 Å². The van der Waals surface area contributed by atoms with Crippen LogP contribution in [0, 0.1) is 6.92 Å². The van der Waals surface area contributed by atoms with Gasteiger partial charge in [0.2, 0.25) is 0 Å². The van der Waals surface area contributed by atoms with E-state index in [2.05, 4.69) is 5.32 Å². The van der Waals surface area contributed by atoms with Gasteiger partial charge in [-0.15, -0.1) is 11.3 Å². The second-order valence-electron chi connectivity index (χ2n) is 5.56. The molecule has 0 aliphatic heterocycles. The zero-order valence-corrected chi connectivity index (χ0v) is 15.1. The average molecular weight is 367 g/mol. The Hall–Kier alpha value is -3.12. The summed E-state index contributed by atoms with van der Waals surface area (Å²) in [6, 6.07) is 16.1. The Kier molecular flexibility index (Phi) is 5.04. The quantitative estimate of drug-likeness (QED) is 0.686. The lowest BCUT2D eigenvalue weighted by Crippen LogP contribution is -2.14. The monoisotopic (exact) mass is 367 g/mol. The summed E-state index contributed by atoms with van der Waals surface area (Å²) in [4.78, 5) is 25.4. The van der Waals surface area contributed by atoms with Gasteiger partial charge in [-0.2, -0.15) is 0 Å². The minimum atomic E-state index is -1.08. The van der Waals surface area contributed by atoms with Gasteiger partial charge in [0, 0.05) is 10.4 Å². The fourth-order valence-electron chi connectivity index (χ4n) is 2.79. The van der Waals surface area contributed by atoms with Crippen LogP contribution in [0.2, 0.25) is 0 Å². The van der Waals surface area contributed by atoms with Crippen molar-refractivity contribution in [1.29, 1.82) is 0 Å². The van der Waals surface area contributed by atoms with E-state index < -0.39 is 11.9 Å². The topological polar surface area (TPSA) is 75.6 Å². The molecule has 0 saturated heterocycles. The number of carboxylic acid groups (broad SMARTS) is 1. The lowest BCUT2D eigenvalue weighted by Gasteiger charge is -2.09. The molecular formula is C20H17NO4S. The van der Waals surface area contributed by atoms with E-state index in [1.54, 1.807) is 24.3 Å². The molecule has 0 aliphatic rings. The van der Waals surface area contributed by atoms with Crippen molar-refractivity contribution in [3.63, 3.8) is 0 Å². The van der Waals surface area contributed by atoms with Crippen LogP contribution in [0.5, 0.6) is 5.75 Å². The van der Waals surface area contributed by atoms with Crippen LogP contribution in [0.1, 0.15) is 25.6 Å². The first-order chi connectivity index (χ1) is 12.5. The Bertz CT molecular complexity index is 963. The molecule has 3 rings (SSSR count). The molecule has 0 fully saturated rings. The minimum Gasteiger partial charge on any atom is -0.496 e. The number of methoxy groups -OCH3 is 1. The molecule has 0 bridgehead atoms. The van der Waals surface area contributed by atoms with Gasteiger partial charge in [-0.3, -0.25) is 4.79 Å². The summed E-state index contributed by atoms with van der Waals surface area (Å²) in [5, 5.41) is 12.8. The summed E-state index contributed by atoms with van der Waals surface area (Å²) < 4.78 is 5.21. The number of hydrogen-bond acceptors (Lipinski definition) is 4. The molecule has 0 aliphatic carbocycles. The first-order valence-electron chi connectivity index (χ1n) is 7.89. The van der Waals surface area contributed by atoms with E-state index in [9.17, 15) is 14.7 Å². The summed E-state index contributed by atoms with van der Waals surface area (Å²) in [6.45, 7) is 1.85. The zero-order chi connectivity index (χ0) is 18.7. The van der Waals surface area contributed by atoms with Crippen molar-refractivity contribution in [2.24, 2.45) is 0 Å². The molecule has 3 aromatic rings. The molecule has 6 heteroatoms. The van der Waals surface area contributed by atoms with E-state index >= 15 is 0 Å². The van der Waals surface area contributed by atoms with E-state index in [1.807, 2.05) is 37.3 Å². The normalized spacial score (nSPS) is 10.4. The highest BCUT2D eigenvalue weighted by Crippen LogP contribution is 2.40. The van der Waals surface area contributed by atoms with Gasteiger partial charge >= 0.3 is 5.97 Å². The highest BCUT2D eigenvalue weighted by molar-refractivity contribution is 7.17. The summed E-state index contributed by atoms with van der Waals surface area (Å²) >= 11 is 1.25. The number of amides is 1. The van der Waals surface area contributed by atoms with Crippen LogP contribution in [0.25, 0.3) is 11.1 Å². The van der Waals surface area contributed by atoms with E-state index in [1.165, 1.54) is 18.4 Å². The number of aromatic carboxylic acids is 1. The lowest BCUT2D eigenvalue weighted by molar-refractivity contribution is 0.0699. The van der Waals surface area contributed by atoms with Crippen LogP contribution >= 0.6 is 11.3 Å². The number of carbonyl (C=O) groups is 2. The molecule has 0 spiro atoms. The fraction of sp³-hybridized carbons (Fsp3) is 0.100. The Morgan fingerprint density at radius 1 is 1.04 bits per heavy atom. The number of aryl methyl sites for hydroxylation is 1. The van der Waals surface area contributed by atoms with Crippen molar-refractivity contribution >= 4 is 28.2 Å². The van der Waals surface area contributed by atoms with Crippen molar-refractivity contribution < 1.29 is 19.4 Å². The molecule has 2 aromatic carbocycles. The molecule has 1 aromatic heterocycles. The Balaban J connectivity index is 2.04. The number of hydrogen-bond donors (Lipinski definition) is 2. The molecule has 132 valence electrons. The van der Waals surface area contributed by atoms with Crippen molar-refractivity contribution in [3.8, 4) is 16.9 Å². The number of nitrogens with one attached hydrogen (secondary N) is 1. The highest BCUT2D eigenvalue weighted by atomic mass is 32.1. The van der Waals surface area contributed by atoms with Crippen LogP contribution in [-0.2, 0) is 0 Å². The Labute approximate surface area is 154 Å². The van der Waals surface area contributed by atoms with Gasteiger partial charge in [0.05, 0.1) is 12.7 Å². The Morgan fingerprint density at radius 2 is 1.69 bits per heavy atom. The van der Waals surface area contributed by atoms with Crippen LogP contribution in [0.3, 0.4) is 0 Å². The van der Waals surface area contributed by atoms with E-state index in [4.69, 9.17) is 4.74 Å². The predicted molar refractivity (Wildman–Crippen MR) is 102 cm³/mol. The SMILES string of the molecule is COc1ccccc1C(=O)Nc1sc(C)c(-c2ccccc2)c1C(=O)O.